The monoisotopic (exact) mass is 193 g/mol. The average molecular weight is 193 g/mol. The van der Waals surface area contributed by atoms with Crippen LogP contribution in [0, 0.1) is 0 Å². The summed E-state index contributed by atoms with van der Waals surface area (Å²) in [5, 5.41) is 0. The number of hydrogen-bond acceptors (Lipinski definition) is 3. The first kappa shape index (κ1) is 10.6. The van der Waals surface area contributed by atoms with Crippen LogP contribution in [0.1, 0.15) is 30.1 Å². The van der Waals surface area contributed by atoms with E-state index in [1.807, 2.05) is 0 Å². The van der Waals surface area contributed by atoms with E-state index in [0.29, 0.717) is 5.56 Å². The van der Waals surface area contributed by atoms with Crippen molar-refractivity contribution in [3.05, 3.63) is 24.3 Å². The van der Waals surface area contributed by atoms with Crippen LogP contribution in [-0.2, 0) is 0 Å². The van der Waals surface area contributed by atoms with Crippen molar-refractivity contribution in [1.82, 2.24) is 14.9 Å². The van der Waals surface area contributed by atoms with Crippen molar-refractivity contribution >= 4 is 5.91 Å². The molecule has 4 nitrogen and oxygen atoms in total. The summed E-state index contributed by atoms with van der Waals surface area (Å²) in [6, 6.07) is 0. The van der Waals surface area contributed by atoms with E-state index in [1.54, 1.807) is 11.9 Å². The molecule has 0 aliphatic carbocycles. The highest BCUT2D eigenvalue weighted by atomic mass is 16.2. The summed E-state index contributed by atoms with van der Waals surface area (Å²) in [5.74, 6) is -0.0148. The molecule has 0 saturated heterocycles. The number of amides is 1. The fraction of sp³-hybridized carbons (Fsp3) is 0.500. The lowest BCUT2D eigenvalue weighted by molar-refractivity contribution is 0.0792. The second-order valence-electron chi connectivity index (χ2n) is 3.21. The second kappa shape index (κ2) is 5.32. The average Bonchev–Trinajstić information content (AvgIpc) is 2.26. The van der Waals surface area contributed by atoms with Crippen molar-refractivity contribution in [3.8, 4) is 0 Å². The van der Waals surface area contributed by atoms with Gasteiger partial charge in [0.15, 0.2) is 0 Å². The van der Waals surface area contributed by atoms with Crippen molar-refractivity contribution in [2.75, 3.05) is 13.6 Å². The van der Waals surface area contributed by atoms with E-state index < -0.39 is 0 Å². The fourth-order valence-electron chi connectivity index (χ4n) is 1.13. The number of nitrogens with zero attached hydrogens (tertiary/aromatic N) is 3. The first-order chi connectivity index (χ1) is 6.75. The van der Waals surface area contributed by atoms with Gasteiger partial charge in [-0.2, -0.15) is 0 Å². The Morgan fingerprint density at radius 1 is 1.43 bits per heavy atom. The van der Waals surface area contributed by atoms with Gasteiger partial charge in [0.1, 0.15) is 6.33 Å². The maximum absolute atomic E-state index is 11.7. The summed E-state index contributed by atoms with van der Waals surface area (Å²) in [7, 11) is 1.80. The molecule has 0 aliphatic rings. The van der Waals surface area contributed by atoms with Crippen LogP contribution in [0.5, 0.6) is 0 Å². The van der Waals surface area contributed by atoms with E-state index in [9.17, 15) is 4.79 Å². The summed E-state index contributed by atoms with van der Waals surface area (Å²) in [4.78, 5) is 21.0. The van der Waals surface area contributed by atoms with Gasteiger partial charge >= 0.3 is 0 Å². The van der Waals surface area contributed by atoms with E-state index in [-0.39, 0.29) is 5.91 Å². The highest BCUT2D eigenvalue weighted by Gasteiger charge is 2.10. The molecule has 0 atom stereocenters. The molecule has 4 heteroatoms. The molecule has 0 aromatic carbocycles. The Labute approximate surface area is 84.0 Å². The van der Waals surface area contributed by atoms with Crippen LogP contribution in [-0.4, -0.2) is 34.4 Å². The molecule has 0 radical (unpaired) electrons. The van der Waals surface area contributed by atoms with Gasteiger partial charge in [0.05, 0.1) is 5.56 Å². The molecule has 0 bridgehead atoms. The predicted octanol–water partition coefficient (Wildman–Crippen LogP) is 1.35. The summed E-state index contributed by atoms with van der Waals surface area (Å²) < 4.78 is 0. The maximum Gasteiger partial charge on any atom is 0.256 e. The minimum absolute atomic E-state index is 0.0148. The third-order valence-corrected chi connectivity index (χ3v) is 2.00. The molecule has 1 aromatic rings. The van der Waals surface area contributed by atoms with Crippen LogP contribution in [0.25, 0.3) is 0 Å². The molecule has 0 saturated carbocycles. The molecule has 14 heavy (non-hydrogen) atoms. The highest BCUT2D eigenvalue weighted by Crippen LogP contribution is 2.00. The van der Waals surface area contributed by atoms with Crippen LogP contribution < -0.4 is 0 Å². The quantitative estimate of drug-likeness (QED) is 0.725. The van der Waals surface area contributed by atoms with Crippen LogP contribution >= 0.6 is 0 Å². The van der Waals surface area contributed by atoms with Crippen LogP contribution in [0.3, 0.4) is 0 Å². The van der Waals surface area contributed by atoms with E-state index >= 15 is 0 Å². The molecule has 76 valence electrons. The molecule has 0 fully saturated rings. The summed E-state index contributed by atoms with van der Waals surface area (Å²) in [6.45, 7) is 2.88. The second-order valence-corrected chi connectivity index (χ2v) is 3.21. The van der Waals surface area contributed by atoms with Gasteiger partial charge in [-0.25, -0.2) is 9.97 Å². The molecular formula is C10H15N3O. The van der Waals surface area contributed by atoms with Gasteiger partial charge in [0.2, 0.25) is 0 Å². The Bertz CT molecular complexity index is 287. The number of carbonyl (C=O) groups is 1. The maximum atomic E-state index is 11.7. The lowest BCUT2D eigenvalue weighted by atomic mass is 10.2. The van der Waals surface area contributed by atoms with Gasteiger partial charge in [0.25, 0.3) is 5.91 Å². The topological polar surface area (TPSA) is 46.1 Å². The molecule has 0 spiro atoms. The van der Waals surface area contributed by atoms with E-state index in [0.717, 1.165) is 19.4 Å². The normalized spacial score (nSPS) is 9.86. The van der Waals surface area contributed by atoms with Crippen LogP contribution in [0.2, 0.25) is 0 Å². The van der Waals surface area contributed by atoms with Gasteiger partial charge in [-0.15, -0.1) is 0 Å². The number of aromatic nitrogens is 2. The van der Waals surface area contributed by atoms with Gasteiger partial charge in [-0.05, 0) is 6.42 Å². The Morgan fingerprint density at radius 2 is 2.07 bits per heavy atom. The molecule has 1 amide bonds. The zero-order chi connectivity index (χ0) is 10.4. The van der Waals surface area contributed by atoms with Crippen molar-refractivity contribution in [2.45, 2.75) is 19.8 Å². The molecule has 0 N–H and O–H groups in total. The zero-order valence-corrected chi connectivity index (χ0v) is 8.60. The standard InChI is InChI=1S/C10H15N3O/c1-3-4-5-13(2)10(14)9-6-11-8-12-7-9/h6-8H,3-5H2,1-2H3. The van der Waals surface area contributed by atoms with Crippen molar-refractivity contribution in [1.29, 1.82) is 0 Å². The van der Waals surface area contributed by atoms with Gasteiger partial charge in [0, 0.05) is 26.0 Å². The van der Waals surface area contributed by atoms with E-state index in [1.165, 1.54) is 18.7 Å². The molecule has 0 aliphatic heterocycles. The van der Waals surface area contributed by atoms with E-state index in [2.05, 4.69) is 16.9 Å². The van der Waals surface area contributed by atoms with Crippen molar-refractivity contribution in [3.63, 3.8) is 0 Å². The third-order valence-electron chi connectivity index (χ3n) is 2.00. The zero-order valence-electron chi connectivity index (χ0n) is 8.60. The molecule has 1 aromatic heterocycles. The third kappa shape index (κ3) is 2.80. The minimum atomic E-state index is -0.0148. The van der Waals surface area contributed by atoms with Gasteiger partial charge < -0.3 is 4.90 Å². The molecule has 1 rings (SSSR count). The first-order valence-electron chi connectivity index (χ1n) is 4.76. The molecular weight excluding hydrogens is 178 g/mol. The highest BCUT2D eigenvalue weighted by molar-refractivity contribution is 5.93. The Balaban J connectivity index is 2.57. The van der Waals surface area contributed by atoms with Gasteiger partial charge in [-0.3, -0.25) is 4.79 Å². The lowest BCUT2D eigenvalue weighted by Gasteiger charge is -2.15. The lowest BCUT2D eigenvalue weighted by Crippen LogP contribution is -2.27. The number of unbranched alkanes of at least 4 members (excludes halogenated alkanes) is 1. The minimum Gasteiger partial charge on any atom is -0.342 e. The van der Waals surface area contributed by atoms with Crippen LogP contribution in [0.4, 0.5) is 0 Å². The summed E-state index contributed by atoms with van der Waals surface area (Å²) in [5.41, 5.74) is 0.547. The summed E-state index contributed by atoms with van der Waals surface area (Å²) >= 11 is 0. The SMILES string of the molecule is CCCCN(C)C(=O)c1cncnc1. The van der Waals surface area contributed by atoms with Crippen LogP contribution in [0.15, 0.2) is 18.7 Å². The smallest absolute Gasteiger partial charge is 0.256 e. The summed E-state index contributed by atoms with van der Waals surface area (Å²) in [6.07, 6.45) is 6.61. The first-order valence-corrected chi connectivity index (χ1v) is 4.76. The fourth-order valence-corrected chi connectivity index (χ4v) is 1.13. The van der Waals surface area contributed by atoms with Crippen molar-refractivity contribution < 1.29 is 4.79 Å². The predicted molar refractivity (Wildman–Crippen MR) is 53.9 cm³/mol. The van der Waals surface area contributed by atoms with E-state index in [4.69, 9.17) is 0 Å². The Kier molecular flexibility index (Phi) is 4.04. The molecule has 1 heterocycles. The number of hydrogen-bond donors (Lipinski definition) is 0. The molecule has 0 unspecified atom stereocenters. The number of carbonyl (C=O) groups excluding carboxylic acids is 1. The largest absolute Gasteiger partial charge is 0.342 e. The Hall–Kier alpha value is -1.45. The Morgan fingerprint density at radius 3 is 2.64 bits per heavy atom. The number of rotatable bonds is 4. The van der Waals surface area contributed by atoms with Crippen molar-refractivity contribution in [2.24, 2.45) is 0 Å². The van der Waals surface area contributed by atoms with Gasteiger partial charge in [-0.1, -0.05) is 13.3 Å².